The zero-order chi connectivity index (χ0) is 11.1. The van der Waals surface area contributed by atoms with Gasteiger partial charge in [-0.25, -0.2) is 4.98 Å². The topological polar surface area (TPSA) is 63.6 Å². The van der Waals surface area contributed by atoms with E-state index in [9.17, 15) is 0 Å². The van der Waals surface area contributed by atoms with Gasteiger partial charge in [-0.05, 0) is 6.07 Å². The first-order valence-electron chi connectivity index (χ1n) is 4.66. The molecule has 0 amide bonds. The van der Waals surface area contributed by atoms with Crippen molar-refractivity contribution >= 4 is 5.69 Å². The van der Waals surface area contributed by atoms with Crippen molar-refractivity contribution in [3.05, 3.63) is 18.3 Å². The fourth-order valence-electron chi connectivity index (χ4n) is 1.19. The molecule has 5 heteroatoms. The molecule has 0 spiro atoms. The Morgan fingerprint density at radius 3 is 2.93 bits per heavy atom. The van der Waals surface area contributed by atoms with Gasteiger partial charge in [0.25, 0.3) is 0 Å². The first-order chi connectivity index (χ1) is 7.30. The highest BCUT2D eigenvalue weighted by Gasteiger charge is 2.06. The van der Waals surface area contributed by atoms with Gasteiger partial charge in [0, 0.05) is 25.1 Å². The summed E-state index contributed by atoms with van der Waals surface area (Å²) < 4.78 is 9.94. The molecule has 5 nitrogen and oxygen atoms in total. The van der Waals surface area contributed by atoms with Crippen LogP contribution in [0.3, 0.4) is 0 Å². The average molecular weight is 212 g/mol. The van der Waals surface area contributed by atoms with Gasteiger partial charge in [0.1, 0.15) is 0 Å². The third kappa shape index (κ3) is 3.73. The van der Waals surface area contributed by atoms with Gasteiger partial charge in [-0.3, -0.25) is 0 Å². The van der Waals surface area contributed by atoms with Crippen LogP contribution in [0.15, 0.2) is 18.3 Å². The summed E-state index contributed by atoms with van der Waals surface area (Å²) in [4.78, 5) is 3.98. The van der Waals surface area contributed by atoms with Crippen LogP contribution in [0.2, 0.25) is 0 Å². The molecule has 84 valence electrons. The molecule has 0 radical (unpaired) electrons. The van der Waals surface area contributed by atoms with Crippen LogP contribution < -0.4 is 10.1 Å². The van der Waals surface area contributed by atoms with Crippen molar-refractivity contribution in [2.75, 3.05) is 32.8 Å². The minimum absolute atomic E-state index is 0.0124. The zero-order valence-corrected chi connectivity index (χ0v) is 8.93. The predicted molar refractivity (Wildman–Crippen MR) is 57.2 cm³/mol. The monoisotopic (exact) mass is 212 g/mol. The molecule has 0 fully saturated rings. The molecule has 0 saturated heterocycles. The molecule has 2 N–H and O–H groups in total. The summed E-state index contributed by atoms with van der Waals surface area (Å²) in [7, 11) is 3.16. The summed E-state index contributed by atoms with van der Waals surface area (Å²) in [6, 6.07) is 3.45. The van der Waals surface area contributed by atoms with E-state index >= 15 is 0 Å². The second kappa shape index (κ2) is 6.21. The Morgan fingerprint density at radius 2 is 2.33 bits per heavy atom. The number of methoxy groups -OCH3 is 2. The number of rotatable bonds is 6. The molecular formula is C10H16N2O3. The quantitative estimate of drug-likeness (QED) is 0.719. The molecule has 0 aliphatic heterocycles. The van der Waals surface area contributed by atoms with Gasteiger partial charge in [0.2, 0.25) is 5.88 Å². The molecule has 0 bridgehead atoms. The van der Waals surface area contributed by atoms with Gasteiger partial charge in [0.15, 0.2) is 0 Å². The van der Waals surface area contributed by atoms with Gasteiger partial charge < -0.3 is 19.9 Å². The Kier molecular flexibility index (Phi) is 4.86. The number of aliphatic hydroxyl groups is 1. The lowest BCUT2D eigenvalue weighted by molar-refractivity contribution is 0.153. The second-order valence-corrected chi connectivity index (χ2v) is 3.07. The van der Waals surface area contributed by atoms with Crippen LogP contribution in [0.5, 0.6) is 5.88 Å². The summed E-state index contributed by atoms with van der Waals surface area (Å²) >= 11 is 0. The number of ether oxygens (including phenoxy) is 2. The second-order valence-electron chi connectivity index (χ2n) is 3.07. The predicted octanol–water partition coefficient (Wildman–Crippen LogP) is 0.509. The van der Waals surface area contributed by atoms with Crippen molar-refractivity contribution in [3.8, 4) is 5.88 Å². The van der Waals surface area contributed by atoms with Crippen LogP contribution in [0.4, 0.5) is 5.69 Å². The first-order valence-corrected chi connectivity index (χ1v) is 4.66. The van der Waals surface area contributed by atoms with Crippen molar-refractivity contribution in [2.45, 2.75) is 6.04 Å². The number of nitrogens with zero attached hydrogens (tertiary/aromatic N) is 1. The third-order valence-corrected chi connectivity index (χ3v) is 1.90. The van der Waals surface area contributed by atoms with Gasteiger partial charge in [-0.2, -0.15) is 0 Å². The molecule has 0 aromatic carbocycles. The molecule has 1 heterocycles. The molecule has 0 aliphatic carbocycles. The number of aliphatic hydroxyl groups excluding tert-OH is 1. The largest absolute Gasteiger partial charge is 0.481 e. The number of nitrogens with one attached hydrogen (secondary N) is 1. The fraction of sp³-hybridized carbons (Fsp3) is 0.500. The minimum Gasteiger partial charge on any atom is -0.481 e. The van der Waals surface area contributed by atoms with Gasteiger partial charge in [-0.1, -0.05) is 0 Å². The van der Waals surface area contributed by atoms with E-state index in [4.69, 9.17) is 14.6 Å². The van der Waals surface area contributed by atoms with Crippen molar-refractivity contribution in [2.24, 2.45) is 0 Å². The zero-order valence-electron chi connectivity index (χ0n) is 8.93. The van der Waals surface area contributed by atoms with Crippen LogP contribution in [0, 0.1) is 0 Å². The molecule has 1 aromatic heterocycles. The number of hydrogen-bond acceptors (Lipinski definition) is 5. The molecule has 1 atom stereocenters. The van der Waals surface area contributed by atoms with Gasteiger partial charge in [-0.15, -0.1) is 0 Å². The van der Waals surface area contributed by atoms with Crippen LogP contribution in [-0.4, -0.2) is 43.6 Å². The normalized spacial score (nSPS) is 12.2. The molecule has 1 unspecified atom stereocenters. The summed E-state index contributed by atoms with van der Waals surface area (Å²) in [6.45, 7) is 0.458. The Labute approximate surface area is 89.0 Å². The Bertz CT molecular complexity index is 294. The third-order valence-electron chi connectivity index (χ3n) is 1.90. The van der Waals surface area contributed by atoms with Crippen molar-refractivity contribution in [1.82, 2.24) is 4.98 Å². The van der Waals surface area contributed by atoms with E-state index in [1.165, 1.54) is 0 Å². The van der Waals surface area contributed by atoms with Crippen LogP contribution >= 0.6 is 0 Å². The van der Waals surface area contributed by atoms with E-state index in [1.54, 1.807) is 32.5 Å². The maximum Gasteiger partial charge on any atom is 0.214 e. The standard InChI is InChI=1S/C10H16N2O3/c1-14-7-9(6-13)12-8-3-4-11-10(5-8)15-2/h3-5,9,13H,6-7H2,1-2H3,(H,11,12). The van der Waals surface area contributed by atoms with E-state index in [0.717, 1.165) is 5.69 Å². The number of pyridine rings is 1. The maximum atomic E-state index is 9.06. The molecule has 0 saturated carbocycles. The lowest BCUT2D eigenvalue weighted by Crippen LogP contribution is -2.28. The van der Waals surface area contributed by atoms with Gasteiger partial charge >= 0.3 is 0 Å². The van der Waals surface area contributed by atoms with Gasteiger partial charge in [0.05, 0.1) is 26.4 Å². The molecule has 0 aliphatic rings. The van der Waals surface area contributed by atoms with Crippen molar-refractivity contribution in [3.63, 3.8) is 0 Å². The highest BCUT2D eigenvalue weighted by Crippen LogP contribution is 2.14. The number of aromatic nitrogens is 1. The highest BCUT2D eigenvalue weighted by atomic mass is 16.5. The summed E-state index contributed by atoms with van der Waals surface area (Å²) in [5.74, 6) is 0.536. The molecular weight excluding hydrogens is 196 g/mol. The maximum absolute atomic E-state index is 9.06. The summed E-state index contributed by atoms with van der Waals surface area (Å²) in [6.07, 6.45) is 1.64. The lowest BCUT2D eigenvalue weighted by Gasteiger charge is -2.16. The lowest BCUT2D eigenvalue weighted by atomic mass is 10.3. The van der Waals surface area contributed by atoms with E-state index in [0.29, 0.717) is 12.5 Å². The highest BCUT2D eigenvalue weighted by molar-refractivity contribution is 5.45. The molecule has 1 aromatic rings. The summed E-state index contributed by atoms with van der Waals surface area (Å²) in [5, 5.41) is 12.2. The smallest absolute Gasteiger partial charge is 0.214 e. The Balaban J connectivity index is 2.61. The summed E-state index contributed by atoms with van der Waals surface area (Å²) in [5.41, 5.74) is 0.845. The molecule has 15 heavy (non-hydrogen) atoms. The molecule has 1 rings (SSSR count). The van der Waals surface area contributed by atoms with Crippen LogP contribution in [0.25, 0.3) is 0 Å². The van der Waals surface area contributed by atoms with Crippen molar-refractivity contribution in [1.29, 1.82) is 0 Å². The van der Waals surface area contributed by atoms with E-state index in [1.807, 2.05) is 0 Å². The van der Waals surface area contributed by atoms with Crippen LogP contribution in [-0.2, 0) is 4.74 Å². The van der Waals surface area contributed by atoms with E-state index < -0.39 is 0 Å². The van der Waals surface area contributed by atoms with E-state index in [-0.39, 0.29) is 12.6 Å². The number of hydrogen-bond donors (Lipinski definition) is 2. The SMILES string of the molecule is COCC(CO)Nc1ccnc(OC)c1. The number of anilines is 1. The first kappa shape index (κ1) is 11.7. The van der Waals surface area contributed by atoms with E-state index in [2.05, 4.69) is 10.3 Å². The minimum atomic E-state index is -0.123. The van der Waals surface area contributed by atoms with Crippen molar-refractivity contribution < 1.29 is 14.6 Å². The Hall–Kier alpha value is -1.33. The van der Waals surface area contributed by atoms with Crippen LogP contribution in [0.1, 0.15) is 0 Å². The Morgan fingerprint density at radius 1 is 1.53 bits per heavy atom. The fourth-order valence-corrected chi connectivity index (χ4v) is 1.19. The average Bonchev–Trinajstić information content (AvgIpc) is 2.29.